The molecule has 1 N–H and O–H groups in total. The summed E-state index contributed by atoms with van der Waals surface area (Å²) in [5, 5.41) is 9.71. The molecular formula is C23H36O4. The number of unbranched alkanes of at least 4 members (excludes halogenated alkanes) is 12. The third-order valence-corrected chi connectivity index (χ3v) is 4.77. The molecule has 0 aromatic heterocycles. The highest BCUT2D eigenvalue weighted by molar-refractivity contribution is 5.73. The molecule has 0 spiro atoms. The lowest BCUT2D eigenvalue weighted by Gasteiger charge is -2.05. The molecule has 0 heterocycles. The van der Waals surface area contributed by atoms with Crippen LogP contribution in [0, 0.1) is 0 Å². The molecule has 1 aromatic rings. The van der Waals surface area contributed by atoms with Crippen LogP contribution in [0.1, 0.15) is 96.8 Å². The van der Waals surface area contributed by atoms with Crippen molar-refractivity contribution in [3.8, 4) is 11.5 Å². The summed E-state index contributed by atoms with van der Waals surface area (Å²) < 4.78 is 5.14. The second-order valence-electron chi connectivity index (χ2n) is 7.29. The van der Waals surface area contributed by atoms with E-state index in [-0.39, 0.29) is 22.9 Å². The third kappa shape index (κ3) is 12.2. The van der Waals surface area contributed by atoms with Gasteiger partial charge in [-0.3, -0.25) is 9.59 Å². The van der Waals surface area contributed by atoms with Gasteiger partial charge in [-0.1, -0.05) is 84.0 Å². The monoisotopic (exact) mass is 376 g/mol. The van der Waals surface area contributed by atoms with Crippen molar-refractivity contribution in [3.05, 3.63) is 34.5 Å². The first-order valence-corrected chi connectivity index (χ1v) is 10.7. The van der Waals surface area contributed by atoms with Crippen LogP contribution >= 0.6 is 0 Å². The second-order valence-corrected chi connectivity index (χ2v) is 7.29. The van der Waals surface area contributed by atoms with Gasteiger partial charge in [-0.25, -0.2) is 0 Å². The number of rotatable bonds is 15. The second kappa shape index (κ2) is 15.2. The van der Waals surface area contributed by atoms with Crippen LogP contribution in [-0.4, -0.2) is 11.1 Å². The zero-order chi connectivity index (χ0) is 19.7. The van der Waals surface area contributed by atoms with E-state index in [1.165, 1.54) is 88.5 Å². The zero-order valence-corrected chi connectivity index (χ0v) is 16.9. The Balaban J connectivity index is 1.99. The highest BCUT2D eigenvalue weighted by Gasteiger charge is 2.07. The highest BCUT2D eigenvalue weighted by Crippen LogP contribution is 2.23. The van der Waals surface area contributed by atoms with E-state index in [2.05, 4.69) is 6.92 Å². The van der Waals surface area contributed by atoms with Crippen LogP contribution in [0.25, 0.3) is 0 Å². The minimum Gasteiger partial charge on any atom is -0.504 e. The van der Waals surface area contributed by atoms with Gasteiger partial charge in [0.15, 0.2) is 16.9 Å². The number of aromatic hydroxyl groups is 1. The summed E-state index contributed by atoms with van der Waals surface area (Å²) in [4.78, 5) is 23.1. The van der Waals surface area contributed by atoms with Crippen LogP contribution < -0.4 is 10.2 Å². The SMILES string of the molecule is CCCCCCCCCCCCCCCC(=O)Oc1ccc(=O)ccc1O. The number of carbonyl (C=O) groups excluding carboxylic acids is 1. The van der Waals surface area contributed by atoms with Gasteiger partial charge in [-0.15, -0.1) is 0 Å². The maximum atomic E-state index is 11.8. The smallest absolute Gasteiger partial charge is 0.311 e. The van der Waals surface area contributed by atoms with Gasteiger partial charge >= 0.3 is 5.97 Å². The minimum atomic E-state index is -0.368. The molecule has 0 aliphatic carbocycles. The summed E-state index contributed by atoms with van der Waals surface area (Å²) in [5.74, 6) is -0.528. The molecule has 0 saturated heterocycles. The van der Waals surface area contributed by atoms with Gasteiger partial charge in [0.05, 0.1) is 0 Å². The Morgan fingerprint density at radius 3 is 1.81 bits per heavy atom. The highest BCUT2D eigenvalue weighted by atomic mass is 16.5. The molecule has 0 aliphatic rings. The Labute approximate surface area is 164 Å². The molecule has 0 unspecified atom stereocenters. The molecule has 0 bridgehead atoms. The summed E-state index contributed by atoms with van der Waals surface area (Å²) in [6.07, 6.45) is 16.7. The first-order valence-electron chi connectivity index (χ1n) is 10.7. The van der Waals surface area contributed by atoms with Gasteiger partial charge in [-0.05, 0) is 30.7 Å². The molecular weight excluding hydrogens is 340 g/mol. The van der Waals surface area contributed by atoms with Crippen molar-refractivity contribution in [2.24, 2.45) is 0 Å². The quantitative estimate of drug-likeness (QED) is 0.295. The molecule has 0 fully saturated rings. The van der Waals surface area contributed by atoms with Crippen molar-refractivity contribution in [1.29, 1.82) is 0 Å². The summed E-state index contributed by atoms with van der Waals surface area (Å²) in [7, 11) is 0. The summed E-state index contributed by atoms with van der Waals surface area (Å²) in [6.45, 7) is 2.25. The number of hydrogen-bond donors (Lipinski definition) is 1. The van der Waals surface area contributed by atoms with Crippen LogP contribution in [0.5, 0.6) is 11.5 Å². The Hall–Kier alpha value is -1.84. The van der Waals surface area contributed by atoms with E-state index in [1.54, 1.807) is 0 Å². The van der Waals surface area contributed by atoms with Crippen LogP contribution in [0.2, 0.25) is 0 Å². The van der Waals surface area contributed by atoms with Crippen molar-refractivity contribution in [1.82, 2.24) is 0 Å². The largest absolute Gasteiger partial charge is 0.504 e. The number of carbonyl (C=O) groups is 1. The van der Waals surface area contributed by atoms with E-state index in [0.717, 1.165) is 19.3 Å². The van der Waals surface area contributed by atoms with Crippen molar-refractivity contribution in [2.75, 3.05) is 0 Å². The third-order valence-electron chi connectivity index (χ3n) is 4.77. The Morgan fingerprint density at radius 1 is 0.778 bits per heavy atom. The predicted octanol–water partition coefficient (Wildman–Crippen LogP) is 6.14. The van der Waals surface area contributed by atoms with Gasteiger partial charge in [0.25, 0.3) is 0 Å². The molecule has 0 atom stereocenters. The van der Waals surface area contributed by atoms with Gasteiger partial charge in [0.1, 0.15) is 0 Å². The molecule has 1 rings (SSSR count). The molecule has 0 aliphatic heterocycles. The minimum absolute atomic E-state index is 0.0387. The van der Waals surface area contributed by atoms with Crippen LogP contribution in [0.15, 0.2) is 29.1 Å². The molecule has 0 amide bonds. The van der Waals surface area contributed by atoms with Crippen molar-refractivity contribution in [2.45, 2.75) is 96.8 Å². The maximum absolute atomic E-state index is 11.8. The summed E-state index contributed by atoms with van der Waals surface area (Å²) >= 11 is 0. The van der Waals surface area contributed by atoms with Crippen molar-refractivity contribution < 1.29 is 14.6 Å². The van der Waals surface area contributed by atoms with E-state index in [1.807, 2.05) is 0 Å². The fourth-order valence-corrected chi connectivity index (χ4v) is 3.09. The average molecular weight is 377 g/mol. The summed E-state index contributed by atoms with van der Waals surface area (Å²) in [6, 6.07) is 5.09. The summed E-state index contributed by atoms with van der Waals surface area (Å²) in [5.41, 5.74) is -0.246. The fourth-order valence-electron chi connectivity index (χ4n) is 3.09. The van der Waals surface area contributed by atoms with E-state index < -0.39 is 0 Å². The topological polar surface area (TPSA) is 63.6 Å². The zero-order valence-electron chi connectivity index (χ0n) is 16.9. The van der Waals surface area contributed by atoms with Gasteiger partial charge in [-0.2, -0.15) is 0 Å². The van der Waals surface area contributed by atoms with E-state index in [0.29, 0.717) is 6.42 Å². The normalized spacial score (nSPS) is 10.7. The van der Waals surface area contributed by atoms with E-state index in [4.69, 9.17) is 4.74 Å². The standard InChI is InChI=1S/C23H36O4/c1-2-3-4-5-6-7-8-9-10-11-12-13-14-15-23(26)27-22-19-17-20(24)16-18-21(22)25/h16-19,25H,2-15H2,1H3. The number of esters is 1. The molecule has 0 saturated carbocycles. The molecule has 0 radical (unpaired) electrons. The molecule has 4 nitrogen and oxygen atoms in total. The first-order chi connectivity index (χ1) is 13.1. The van der Waals surface area contributed by atoms with Crippen molar-refractivity contribution >= 4 is 5.97 Å². The first kappa shape index (κ1) is 23.2. The van der Waals surface area contributed by atoms with E-state index in [9.17, 15) is 14.7 Å². The van der Waals surface area contributed by atoms with Gasteiger partial charge in [0.2, 0.25) is 0 Å². The Morgan fingerprint density at radius 2 is 1.26 bits per heavy atom. The number of hydrogen-bond acceptors (Lipinski definition) is 4. The van der Waals surface area contributed by atoms with Crippen molar-refractivity contribution in [3.63, 3.8) is 0 Å². The lowest BCUT2D eigenvalue weighted by atomic mass is 10.0. The number of ether oxygens (including phenoxy) is 1. The molecule has 1 aromatic carbocycles. The van der Waals surface area contributed by atoms with Crippen LogP contribution in [0.3, 0.4) is 0 Å². The van der Waals surface area contributed by atoms with Crippen LogP contribution in [-0.2, 0) is 4.79 Å². The Bertz CT molecular complexity index is 583. The predicted molar refractivity (Wildman–Crippen MR) is 110 cm³/mol. The Kier molecular flexibility index (Phi) is 13.1. The molecule has 4 heteroatoms. The van der Waals surface area contributed by atoms with E-state index >= 15 is 0 Å². The molecule has 27 heavy (non-hydrogen) atoms. The lowest BCUT2D eigenvalue weighted by molar-refractivity contribution is -0.134. The lowest BCUT2D eigenvalue weighted by Crippen LogP contribution is -2.07. The molecule has 152 valence electrons. The van der Waals surface area contributed by atoms with Gasteiger partial charge < -0.3 is 9.84 Å². The fraction of sp³-hybridized carbons (Fsp3) is 0.652. The van der Waals surface area contributed by atoms with Crippen LogP contribution in [0.4, 0.5) is 0 Å². The maximum Gasteiger partial charge on any atom is 0.311 e. The van der Waals surface area contributed by atoms with Gasteiger partial charge in [0, 0.05) is 6.42 Å². The average Bonchev–Trinajstić information content (AvgIpc) is 2.81.